The van der Waals surface area contributed by atoms with Gasteiger partial charge in [-0.3, -0.25) is 9.59 Å². The smallest absolute Gasteiger partial charge is 0.279 e. The first-order valence-corrected chi connectivity index (χ1v) is 11.1. The topological polar surface area (TPSA) is 115 Å². The van der Waals surface area contributed by atoms with Crippen molar-refractivity contribution in [3.63, 3.8) is 0 Å². The Morgan fingerprint density at radius 3 is 2.81 bits per heavy atom. The van der Waals surface area contributed by atoms with E-state index in [0.717, 1.165) is 22.6 Å². The molecule has 0 radical (unpaired) electrons. The fraction of sp³-hybridized carbons (Fsp3) is 0.182. The van der Waals surface area contributed by atoms with Crippen molar-refractivity contribution in [1.29, 1.82) is 0 Å². The number of nitrogens with zero attached hydrogens (tertiary/aromatic N) is 3. The molecule has 4 heterocycles. The van der Waals surface area contributed by atoms with Crippen molar-refractivity contribution in [2.75, 3.05) is 5.32 Å². The Bertz CT molecular complexity index is 1250. The third kappa shape index (κ3) is 4.17. The third-order valence-corrected chi connectivity index (χ3v) is 5.96. The molecular formula is C22H19N5O4S. The maximum absolute atomic E-state index is 12.9. The van der Waals surface area contributed by atoms with Crippen LogP contribution in [0.5, 0.6) is 0 Å². The molecule has 10 heteroatoms. The van der Waals surface area contributed by atoms with Crippen LogP contribution in [0.15, 0.2) is 63.7 Å². The van der Waals surface area contributed by atoms with E-state index in [4.69, 9.17) is 8.94 Å². The number of carbonyl (C=O) groups is 2. The first-order chi connectivity index (χ1) is 15.7. The predicted molar refractivity (Wildman–Crippen MR) is 118 cm³/mol. The van der Waals surface area contributed by atoms with Gasteiger partial charge in [0.15, 0.2) is 11.5 Å². The van der Waals surface area contributed by atoms with Gasteiger partial charge in [-0.2, -0.15) is 16.9 Å². The van der Waals surface area contributed by atoms with Gasteiger partial charge < -0.3 is 19.6 Å². The van der Waals surface area contributed by atoms with Crippen LogP contribution in [0.1, 0.15) is 27.5 Å². The van der Waals surface area contributed by atoms with Crippen LogP contribution in [0, 0.1) is 0 Å². The van der Waals surface area contributed by atoms with Crippen molar-refractivity contribution in [2.45, 2.75) is 24.6 Å². The van der Waals surface area contributed by atoms with Crippen LogP contribution in [0.3, 0.4) is 0 Å². The summed E-state index contributed by atoms with van der Waals surface area (Å²) in [5, 5.41) is 14.1. The average molecular weight is 449 g/mol. The zero-order valence-corrected chi connectivity index (χ0v) is 17.7. The van der Waals surface area contributed by atoms with Gasteiger partial charge in [0.25, 0.3) is 5.91 Å². The SMILES string of the molecule is O=C(Cn1nc2c(c1NC(=O)c1cc(-c3ccccc3)on1)CSC2)NCc1ccco1. The Morgan fingerprint density at radius 2 is 2.00 bits per heavy atom. The highest BCUT2D eigenvalue weighted by molar-refractivity contribution is 7.98. The molecule has 0 saturated heterocycles. The monoisotopic (exact) mass is 449 g/mol. The van der Waals surface area contributed by atoms with E-state index >= 15 is 0 Å². The van der Waals surface area contributed by atoms with Crippen LogP contribution >= 0.6 is 11.8 Å². The molecule has 4 aromatic rings. The first kappa shape index (κ1) is 20.1. The van der Waals surface area contributed by atoms with E-state index in [9.17, 15) is 9.59 Å². The lowest BCUT2D eigenvalue weighted by Gasteiger charge is -2.10. The van der Waals surface area contributed by atoms with Crippen molar-refractivity contribution in [2.24, 2.45) is 0 Å². The molecule has 2 amide bonds. The number of benzene rings is 1. The van der Waals surface area contributed by atoms with Crippen LogP contribution in [-0.4, -0.2) is 26.8 Å². The minimum absolute atomic E-state index is 0.0257. The highest BCUT2D eigenvalue weighted by Gasteiger charge is 2.26. The van der Waals surface area contributed by atoms with E-state index < -0.39 is 5.91 Å². The largest absolute Gasteiger partial charge is 0.467 e. The summed E-state index contributed by atoms with van der Waals surface area (Å²) in [4.78, 5) is 25.3. The van der Waals surface area contributed by atoms with Gasteiger partial charge in [0.1, 0.15) is 18.1 Å². The number of hydrogen-bond donors (Lipinski definition) is 2. The van der Waals surface area contributed by atoms with E-state index in [1.807, 2.05) is 30.3 Å². The molecule has 0 atom stereocenters. The van der Waals surface area contributed by atoms with Crippen LogP contribution in [0.25, 0.3) is 11.3 Å². The van der Waals surface area contributed by atoms with Crippen LogP contribution in [-0.2, 0) is 29.4 Å². The summed E-state index contributed by atoms with van der Waals surface area (Å²) in [6, 6.07) is 14.6. The second-order valence-corrected chi connectivity index (χ2v) is 8.16. The Morgan fingerprint density at radius 1 is 1.12 bits per heavy atom. The predicted octanol–water partition coefficient (Wildman–Crippen LogP) is 3.45. The third-order valence-electron chi connectivity index (χ3n) is 4.99. The molecule has 5 rings (SSSR count). The van der Waals surface area contributed by atoms with Gasteiger partial charge in [0.05, 0.1) is 18.5 Å². The highest BCUT2D eigenvalue weighted by Crippen LogP contribution is 2.35. The van der Waals surface area contributed by atoms with Gasteiger partial charge in [0, 0.05) is 28.7 Å². The minimum Gasteiger partial charge on any atom is -0.467 e. The van der Waals surface area contributed by atoms with Crippen molar-refractivity contribution < 1.29 is 18.5 Å². The van der Waals surface area contributed by atoms with E-state index in [1.54, 1.807) is 36.2 Å². The fourth-order valence-electron chi connectivity index (χ4n) is 3.40. The number of hydrogen-bond acceptors (Lipinski definition) is 7. The molecular weight excluding hydrogens is 430 g/mol. The molecule has 0 unspecified atom stereocenters. The zero-order chi connectivity index (χ0) is 21.9. The zero-order valence-electron chi connectivity index (χ0n) is 16.9. The number of amides is 2. The molecule has 0 spiro atoms. The lowest BCUT2D eigenvalue weighted by molar-refractivity contribution is -0.122. The number of fused-ring (bicyclic) bond motifs is 1. The fourth-order valence-corrected chi connectivity index (χ4v) is 4.44. The van der Waals surface area contributed by atoms with Gasteiger partial charge in [-0.1, -0.05) is 35.5 Å². The number of thioether (sulfide) groups is 1. The lowest BCUT2D eigenvalue weighted by Crippen LogP contribution is -2.28. The van der Waals surface area contributed by atoms with E-state index in [0.29, 0.717) is 23.1 Å². The Labute approximate surface area is 187 Å². The molecule has 32 heavy (non-hydrogen) atoms. The van der Waals surface area contributed by atoms with Crippen LogP contribution < -0.4 is 10.6 Å². The molecule has 9 nitrogen and oxygen atoms in total. The number of carbonyl (C=O) groups excluding carboxylic acids is 2. The Hall–Kier alpha value is -3.79. The molecule has 3 aromatic heterocycles. The first-order valence-electron chi connectivity index (χ1n) is 9.96. The summed E-state index contributed by atoms with van der Waals surface area (Å²) in [5.74, 6) is 2.46. The van der Waals surface area contributed by atoms with Gasteiger partial charge in [-0.05, 0) is 12.1 Å². The summed E-state index contributed by atoms with van der Waals surface area (Å²) >= 11 is 1.71. The van der Waals surface area contributed by atoms with E-state index in [2.05, 4.69) is 20.9 Å². The summed E-state index contributed by atoms with van der Waals surface area (Å²) < 4.78 is 12.1. The number of nitrogens with one attached hydrogen (secondary N) is 2. The van der Waals surface area contributed by atoms with Gasteiger partial charge in [-0.15, -0.1) is 0 Å². The highest BCUT2D eigenvalue weighted by atomic mass is 32.2. The summed E-state index contributed by atoms with van der Waals surface area (Å²) in [6.07, 6.45) is 1.55. The molecule has 1 aromatic carbocycles. The van der Waals surface area contributed by atoms with Gasteiger partial charge >= 0.3 is 0 Å². The Kier molecular flexibility index (Phi) is 5.51. The summed E-state index contributed by atoms with van der Waals surface area (Å²) in [5.41, 5.74) is 2.77. The minimum atomic E-state index is -0.423. The van der Waals surface area contributed by atoms with E-state index in [-0.39, 0.29) is 24.7 Å². The molecule has 0 saturated carbocycles. The van der Waals surface area contributed by atoms with E-state index in [1.165, 1.54) is 4.68 Å². The van der Waals surface area contributed by atoms with Gasteiger partial charge in [-0.25, -0.2) is 4.68 Å². The second kappa shape index (κ2) is 8.75. The number of furan rings is 1. The molecule has 0 bridgehead atoms. The molecule has 1 aliphatic rings. The molecule has 2 N–H and O–H groups in total. The van der Waals surface area contributed by atoms with Crippen LogP contribution in [0.4, 0.5) is 5.82 Å². The molecule has 162 valence electrons. The van der Waals surface area contributed by atoms with Gasteiger partial charge in [0.2, 0.25) is 5.91 Å². The van der Waals surface area contributed by atoms with Crippen molar-refractivity contribution in [3.05, 3.63) is 77.5 Å². The normalized spacial score (nSPS) is 12.5. The van der Waals surface area contributed by atoms with Crippen LogP contribution in [0.2, 0.25) is 0 Å². The lowest BCUT2D eigenvalue weighted by atomic mass is 10.1. The average Bonchev–Trinajstić information content (AvgIpc) is 3.60. The second-order valence-electron chi connectivity index (χ2n) is 7.18. The maximum Gasteiger partial charge on any atom is 0.279 e. The number of aromatic nitrogens is 3. The molecule has 0 aliphatic carbocycles. The molecule has 0 fully saturated rings. The van der Waals surface area contributed by atoms with Crippen molar-refractivity contribution in [1.82, 2.24) is 20.3 Å². The van der Waals surface area contributed by atoms with Crippen molar-refractivity contribution in [3.8, 4) is 11.3 Å². The number of rotatable bonds is 7. The quantitative estimate of drug-likeness (QED) is 0.444. The standard InChI is InChI=1S/C22H19N5O4S/c28-20(23-10-15-7-4-8-30-15)11-27-21(16-12-32-13-18(16)25-27)24-22(29)17-9-19(31-26-17)14-5-2-1-3-6-14/h1-9H,10-13H2,(H,23,28)(H,24,29). The number of anilines is 1. The summed E-state index contributed by atoms with van der Waals surface area (Å²) in [6.45, 7) is 0.258. The summed E-state index contributed by atoms with van der Waals surface area (Å²) in [7, 11) is 0. The Balaban J connectivity index is 1.31. The maximum atomic E-state index is 12.9. The van der Waals surface area contributed by atoms with Crippen molar-refractivity contribution >= 4 is 29.4 Å². The molecule has 1 aliphatic heterocycles.